The van der Waals surface area contributed by atoms with Gasteiger partial charge in [0, 0.05) is 37.6 Å². The molecule has 7 nitrogen and oxygen atoms in total. The standard InChI is InChI=1S/C19H22BrN3O4/c1-2-22-9-11-23(12-10-22)15-5-3-14(4-6-15)21-18(24)13-26-19(25)16-7-8-17(20)27-16/h3-8H,2,9-13H2,1H3,(H,21,24). The van der Waals surface area contributed by atoms with Crippen LogP contribution in [0.5, 0.6) is 0 Å². The summed E-state index contributed by atoms with van der Waals surface area (Å²) in [5.41, 5.74) is 1.80. The molecular formula is C19H22BrN3O4. The number of ether oxygens (including phenoxy) is 1. The highest BCUT2D eigenvalue weighted by atomic mass is 79.9. The number of carbonyl (C=O) groups excluding carboxylic acids is 2. The highest BCUT2D eigenvalue weighted by molar-refractivity contribution is 9.10. The smallest absolute Gasteiger partial charge is 0.374 e. The molecule has 8 heteroatoms. The van der Waals surface area contributed by atoms with E-state index in [1.807, 2.05) is 24.3 Å². The summed E-state index contributed by atoms with van der Waals surface area (Å²) in [6, 6.07) is 10.7. The van der Waals surface area contributed by atoms with E-state index in [2.05, 4.69) is 38.0 Å². The second-order valence-electron chi connectivity index (χ2n) is 6.20. The third-order valence-electron chi connectivity index (χ3n) is 4.44. The summed E-state index contributed by atoms with van der Waals surface area (Å²) in [5.74, 6) is -1.04. The molecule has 1 aliphatic heterocycles. The number of halogens is 1. The Bertz CT molecular complexity index is 783. The molecule has 0 radical (unpaired) electrons. The largest absolute Gasteiger partial charge is 0.450 e. The van der Waals surface area contributed by atoms with Gasteiger partial charge in [0.1, 0.15) is 0 Å². The molecule has 2 aromatic rings. The monoisotopic (exact) mass is 435 g/mol. The maximum Gasteiger partial charge on any atom is 0.374 e. The van der Waals surface area contributed by atoms with Gasteiger partial charge in [-0.2, -0.15) is 0 Å². The van der Waals surface area contributed by atoms with E-state index in [1.165, 1.54) is 6.07 Å². The van der Waals surface area contributed by atoms with Crippen LogP contribution >= 0.6 is 15.9 Å². The van der Waals surface area contributed by atoms with Crippen LogP contribution in [0.25, 0.3) is 0 Å². The highest BCUT2D eigenvalue weighted by Crippen LogP contribution is 2.19. The van der Waals surface area contributed by atoms with Crippen molar-refractivity contribution in [3.8, 4) is 0 Å². The number of furan rings is 1. The van der Waals surface area contributed by atoms with Gasteiger partial charge < -0.3 is 24.3 Å². The molecule has 0 aliphatic carbocycles. The van der Waals surface area contributed by atoms with Crippen LogP contribution in [0.15, 0.2) is 45.5 Å². The van der Waals surface area contributed by atoms with Gasteiger partial charge in [-0.05, 0) is 58.9 Å². The average Bonchev–Trinajstić information content (AvgIpc) is 3.13. The molecule has 1 amide bonds. The van der Waals surface area contributed by atoms with Crippen LogP contribution in [-0.2, 0) is 9.53 Å². The molecule has 27 heavy (non-hydrogen) atoms. The van der Waals surface area contributed by atoms with Crippen LogP contribution < -0.4 is 10.2 Å². The first kappa shape index (κ1) is 19.4. The summed E-state index contributed by atoms with van der Waals surface area (Å²) >= 11 is 3.11. The van der Waals surface area contributed by atoms with E-state index in [9.17, 15) is 9.59 Å². The van der Waals surface area contributed by atoms with Crippen LogP contribution in [-0.4, -0.2) is 56.1 Å². The van der Waals surface area contributed by atoms with E-state index < -0.39 is 11.9 Å². The van der Waals surface area contributed by atoms with Crippen LogP contribution in [0.3, 0.4) is 0 Å². The normalized spacial score (nSPS) is 14.8. The number of carbonyl (C=O) groups is 2. The molecule has 1 aromatic carbocycles. The summed E-state index contributed by atoms with van der Waals surface area (Å²) in [6.45, 7) is 7.01. The molecule has 0 bridgehead atoms. The number of esters is 1. The second kappa shape index (κ2) is 9.05. The van der Waals surface area contributed by atoms with Gasteiger partial charge in [-0.15, -0.1) is 0 Å². The zero-order valence-corrected chi connectivity index (χ0v) is 16.7. The Morgan fingerprint density at radius 3 is 2.41 bits per heavy atom. The Labute approximate surface area is 166 Å². The van der Waals surface area contributed by atoms with E-state index in [-0.39, 0.29) is 12.4 Å². The lowest BCUT2D eigenvalue weighted by Gasteiger charge is -2.35. The molecule has 0 atom stereocenters. The topological polar surface area (TPSA) is 75.0 Å². The number of benzene rings is 1. The lowest BCUT2D eigenvalue weighted by atomic mass is 10.2. The van der Waals surface area contributed by atoms with Gasteiger partial charge in [0.05, 0.1) is 0 Å². The fourth-order valence-corrected chi connectivity index (χ4v) is 3.21. The van der Waals surface area contributed by atoms with Gasteiger partial charge >= 0.3 is 5.97 Å². The van der Waals surface area contributed by atoms with E-state index in [0.717, 1.165) is 38.4 Å². The van der Waals surface area contributed by atoms with Crippen molar-refractivity contribution < 1.29 is 18.7 Å². The first-order valence-corrected chi connectivity index (χ1v) is 9.64. The van der Waals surface area contributed by atoms with Crippen molar-refractivity contribution in [2.24, 2.45) is 0 Å². The molecule has 3 rings (SSSR count). The SMILES string of the molecule is CCN1CCN(c2ccc(NC(=O)COC(=O)c3ccc(Br)o3)cc2)CC1. The predicted octanol–water partition coefficient (Wildman–Crippen LogP) is 2.98. The summed E-state index contributed by atoms with van der Waals surface area (Å²) in [6.07, 6.45) is 0. The maximum atomic E-state index is 12.0. The Hall–Kier alpha value is -2.32. The van der Waals surface area contributed by atoms with E-state index in [0.29, 0.717) is 10.4 Å². The molecule has 0 saturated carbocycles. The maximum absolute atomic E-state index is 12.0. The zero-order valence-electron chi connectivity index (χ0n) is 15.1. The predicted molar refractivity (Wildman–Crippen MR) is 106 cm³/mol. The molecule has 1 aliphatic rings. The summed E-state index contributed by atoms with van der Waals surface area (Å²) in [5, 5.41) is 2.72. The van der Waals surface area contributed by atoms with Crippen LogP contribution in [0.2, 0.25) is 0 Å². The molecule has 1 N–H and O–H groups in total. The summed E-state index contributed by atoms with van der Waals surface area (Å²) in [7, 11) is 0. The molecule has 1 aromatic heterocycles. The quantitative estimate of drug-likeness (QED) is 0.702. The van der Waals surface area contributed by atoms with Crippen molar-refractivity contribution in [2.75, 3.05) is 49.5 Å². The molecule has 144 valence electrons. The highest BCUT2D eigenvalue weighted by Gasteiger charge is 2.16. The third-order valence-corrected chi connectivity index (χ3v) is 4.87. The Balaban J connectivity index is 1.46. The first-order chi connectivity index (χ1) is 13.0. The number of anilines is 2. The number of likely N-dealkylation sites (N-methyl/N-ethyl adjacent to an activating group) is 1. The molecule has 1 saturated heterocycles. The number of nitrogens with zero attached hydrogens (tertiary/aromatic N) is 2. The van der Waals surface area contributed by atoms with E-state index in [1.54, 1.807) is 6.07 Å². The fourth-order valence-electron chi connectivity index (χ4n) is 2.90. The number of hydrogen-bond donors (Lipinski definition) is 1. The van der Waals surface area contributed by atoms with Gasteiger partial charge in [-0.3, -0.25) is 4.79 Å². The van der Waals surface area contributed by atoms with Crippen molar-refractivity contribution in [3.05, 3.63) is 46.8 Å². The number of nitrogens with one attached hydrogen (secondary N) is 1. The van der Waals surface area contributed by atoms with Gasteiger partial charge in [-0.25, -0.2) is 4.79 Å². The number of piperazine rings is 1. The lowest BCUT2D eigenvalue weighted by molar-refractivity contribution is -0.119. The molecule has 2 heterocycles. The summed E-state index contributed by atoms with van der Waals surface area (Å²) in [4.78, 5) is 28.5. The Morgan fingerprint density at radius 2 is 1.81 bits per heavy atom. The van der Waals surface area contributed by atoms with Gasteiger partial charge in [-0.1, -0.05) is 6.92 Å². The average molecular weight is 436 g/mol. The van der Waals surface area contributed by atoms with Crippen molar-refractivity contribution in [3.63, 3.8) is 0 Å². The number of hydrogen-bond acceptors (Lipinski definition) is 6. The Morgan fingerprint density at radius 1 is 1.11 bits per heavy atom. The summed E-state index contributed by atoms with van der Waals surface area (Å²) < 4.78 is 10.4. The third kappa shape index (κ3) is 5.33. The number of rotatable bonds is 6. The van der Waals surface area contributed by atoms with Crippen molar-refractivity contribution in [1.29, 1.82) is 0 Å². The molecule has 0 unspecified atom stereocenters. The minimum Gasteiger partial charge on any atom is -0.450 e. The van der Waals surface area contributed by atoms with Crippen LogP contribution in [0.1, 0.15) is 17.5 Å². The minimum absolute atomic E-state index is 0.0437. The Kier molecular flexibility index (Phi) is 6.52. The van der Waals surface area contributed by atoms with E-state index in [4.69, 9.17) is 9.15 Å². The zero-order chi connectivity index (χ0) is 19.2. The molecule has 1 fully saturated rings. The first-order valence-electron chi connectivity index (χ1n) is 8.85. The second-order valence-corrected chi connectivity index (χ2v) is 6.98. The van der Waals surface area contributed by atoms with E-state index >= 15 is 0 Å². The van der Waals surface area contributed by atoms with Crippen molar-refractivity contribution >= 4 is 39.2 Å². The van der Waals surface area contributed by atoms with Gasteiger partial charge in [0.2, 0.25) is 5.76 Å². The molecular weight excluding hydrogens is 414 g/mol. The fraction of sp³-hybridized carbons (Fsp3) is 0.368. The van der Waals surface area contributed by atoms with Crippen molar-refractivity contribution in [1.82, 2.24) is 4.90 Å². The van der Waals surface area contributed by atoms with Crippen LogP contribution in [0.4, 0.5) is 11.4 Å². The van der Waals surface area contributed by atoms with Gasteiger partial charge in [0.25, 0.3) is 5.91 Å². The van der Waals surface area contributed by atoms with Crippen molar-refractivity contribution in [2.45, 2.75) is 6.92 Å². The number of amides is 1. The van der Waals surface area contributed by atoms with Crippen LogP contribution in [0, 0.1) is 0 Å². The lowest BCUT2D eigenvalue weighted by Crippen LogP contribution is -2.46. The minimum atomic E-state index is -0.683. The van der Waals surface area contributed by atoms with Gasteiger partial charge in [0.15, 0.2) is 11.3 Å². The molecule has 0 spiro atoms.